The molecule has 1 atom stereocenters. The third-order valence-corrected chi connectivity index (χ3v) is 5.03. The highest BCUT2D eigenvalue weighted by molar-refractivity contribution is 6.30. The topological polar surface area (TPSA) is 40.2 Å². The lowest BCUT2D eigenvalue weighted by Crippen LogP contribution is -2.14. The number of rotatable bonds is 6. The Bertz CT molecular complexity index is 961. The Kier molecular flexibility index (Phi) is 5.87. The van der Waals surface area contributed by atoms with Crippen LogP contribution in [0.5, 0.6) is 11.5 Å². The van der Waals surface area contributed by atoms with E-state index in [0.29, 0.717) is 22.9 Å². The SMILES string of the molecule is COc1ccc(N(c2ccc(OC)cc2)c2cc(F)c(C3BOOC3)cc2F)cc1. The van der Waals surface area contributed by atoms with Gasteiger partial charge in [-0.15, -0.1) is 0 Å². The highest BCUT2D eigenvalue weighted by Crippen LogP contribution is 2.39. The first-order valence-corrected chi connectivity index (χ1v) is 9.42. The Morgan fingerprint density at radius 1 is 0.867 bits per heavy atom. The molecule has 1 fully saturated rings. The lowest BCUT2D eigenvalue weighted by Gasteiger charge is -2.27. The molecule has 1 heterocycles. The van der Waals surface area contributed by atoms with E-state index in [1.54, 1.807) is 67.7 Å². The first-order chi connectivity index (χ1) is 14.6. The lowest BCUT2D eigenvalue weighted by molar-refractivity contribution is -0.183. The van der Waals surface area contributed by atoms with Crippen molar-refractivity contribution in [2.45, 2.75) is 5.82 Å². The van der Waals surface area contributed by atoms with E-state index < -0.39 is 11.6 Å². The smallest absolute Gasteiger partial charge is 0.333 e. The fourth-order valence-electron chi connectivity index (χ4n) is 3.41. The molecule has 3 aromatic carbocycles. The summed E-state index contributed by atoms with van der Waals surface area (Å²) in [5.41, 5.74) is 1.63. The molecule has 0 spiro atoms. The van der Waals surface area contributed by atoms with E-state index >= 15 is 4.39 Å². The Balaban J connectivity index is 1.81. The second kappa shape index (κ2) is 8.73. The van der Waals surface area contributed by atoms with Crippen LogP contribution in [0.4, 0.5) is 25.8 Å². The van der Waals surface area contributed by atoms with Gasteiger partial charge in [0.05, 0.1) is 26.5 Å². The summed E-state index contributed by atoms with van der Waals surface area (Å²) in [5.74, 6) is -0.0836. The summed E-state index contributed by atoms with van der Waals surface area (Å²) < 4.78 is 40.6. The van der Waals surface area contributed by atoms with Crippen molar-refractivity contribution < 1.29 is 27.9 Å². The fourth-order valence-corrected chi connectivity index (χ4v) is 3.41. The standard InChI is InChI=1S/C22H20BF2NO4/c1-27-16-7-3-14(4-8-16)26(15-5-9-17(28-2)10-6-15)22-12-20(24)18(11-21(22)25)19-13-29-30-23-19/h3-12,19,23H,13H2,1-2H3. The van der Waals surface area contributed by atoms with Crippen LogP contribution in [-0.2, 0) is 9.69 Å². The summed E-state index contributed by atoms with van der Waals surface area (Å²) in [6.45, 7) is 0.191. The van der Waals surface area contributed by atoms with Gasteiger partial charge in [-0.05, 0) is 60.2 Å². The van der Waals surface area contributed by atoms with Crippen LogP contribution < -0.4 is 14.4 Å². The van der Waals surface area contributed by atoms with E-state index in [0.717, 1.165) is 0 Å². The van der Waals surface area contributed by atoms with Gasteiger partial charge < -0.3 is 19.2 Å². The molecule has 0 N–H and O–H groups in total. The van der Waals surface area contributed by atoms with Gasteiger partial charge in [-0.25, -0.2) is 8.78 Å². The third kappa shape index (κ3) is 3.97. The van der Waals surface area contributed by atoms with Gasteiger partial charge in [0.1, 0.15) is 23.1 Å². The molecule has 8 heteroatoms. The average Bonchev–Trinajstić information content (AvgIpc) is 3.31. The van der Waals surface area contributed by atoms with Crippen LogP contribution in [-0.4, -0.2) is 28.3 Å². The second-order valence-corrected chi connectivity index (χ2v) is 6.82. The predicted octanol–water partition coefficient (Wildman–Crippen LogP) is 4.81. The van der Waals surface area contributed by atoms with E-state index in [1.165, 1.54) is 12.1 Å². The Hall–Kier alpha value is -3.10. The second-order valence-electron chi connectivity index (χ2n) is 6.82. The van der Waals surface area contributed by atoms with Crippen molar-refractivity contribution in [3.8, 4) is 11.5 Å². The molecule has 0 aromatic heterocycles. The molecular formula is C22H20BF2NO4. The molecule has 154 valence electrons. The van der Waals surface area contributed by atoms with E-state index in [2.05, 4.69) is 0 Å². The first-order valence-electron chi connectivity index (χ1n) is 9.42. The minimum absolute atomic E-state index is 0.0893. The zero-order valence-electron chi connectivity index (χ0n) is 16.6. The fraction of sp³-hybridized carbons (Fsp3) is 0.182. The van der Waals surface area contributed by atoms with Crippen molar-refractivity contribution in [3.63, 3.8) is 0 Å². The van der Waals surface area contributed by atoms with Crippen molar-refractivity contribution in [1.29, 1.82) is 0 Å². The number of benzene rings is 3. The van der Waals surface area contributed by atoms with E-state index in [9.17, 15) is 4.39 Å². The van der Waals surface area contributed by atoms with E-state index in [1.807, 2.05) is 0 Å². The molecule has 0 saturated carbocycles. The number of hydrogen-bond donors (Lipinski definition) is 0. The van der Waals surface area contributed by atoms with Crippen LogP contribution in [0.25, 0.3) is 0 Å². The predicted molar refractivity (Wildman–Crippen MR) is 111 cm³/mol. The average molecular weight is 411 g/mol. The Morgan fingerprint density at radius 2 is 1.43 bits per heavy atom. The van der Waals surface area contributed by atoms with E-state index in [4.69, 9.17) is 19.2 Å². The molecule has 1 aliphatic rings. The number of hydrogen-bond acceptors (Lipinski definition) is 5. The Morgan fingerprint density at radius 3 is 1.90 bits per heavy atom. The van der Waals surface area contributed by atoms with Gasteiger partial charge in [-0.2, -0.15) is 0 Å². The molecule has 0 bridgehead atoms. The molecule has 1 aliphatic heterocycles. The van der Waals surface area contributed by atoms with Gasteiger partial charge in [-0.1, -0.05) is 0 Å². The van der Waals surface area contributed by atoms with Crippen molar-refractivity contribution in [2.75, 3.05) is 25.7 Å². The quantitative estimate of drug-likeness (QED) is 0.430. The van der Waals surface area contributed by atoms with Crippen LogP contribution in [0.2, 0.25) is 0 Å². The Labute approximate surface area is 173 Å². The van der Waals surface area contributed by atoms with Crippen LogP contribution in [0.3, 0.4) is 0 Å². The molecule has 1 saturated heterocycles. The molecular weight excluding hydrogens is 391 g/mol. The molecule has 30 heavy (non-hydrogen) atoms. The van der Waals surface area contributed by atoms with Crippen LogP contribution >= 0.6 is 0 Å². The van der Waals surface area contributed by atoms with Gasteiger partial charge in [0, 0.05) is 23.3 Å². The molecule has 0 amide bonds. The largest absolute Gasteiger partial charge is 0.497 e. The summed E-state index contributed by atoms with van der Waals surface area (Å²) >= 11 is 0. The summed E-state index contributed by atoms with van der Waals surface area (Å²) in [6.07, 6.45) is 0. The van der Waals surface area contributed by atoms with Gasteiger partial charge in [-0.3, -0.25) is 4.89 Å². The monoisotopic (exact) mass is 411 g/mol. The number of ether oxygens (including phenoxy) is 2. The first kappa shape index (κ1) is 20.2. The zero-order valence-corrected chi connectivity index (χ0v) is 16.6. The van der Waals surface area contributed by atoms with Gasteiger partial charge >= 0.3 is 7.48 Å². The summed E-state index contributed by atoms with van der Waals surface area (Å²) in [7, 11) is 3.33. The molecule has 5 nitrogen and oxygen atoms in total. The van der Waals surface area contributed by atoms with Crippen LogP contribution in [0.1, 0.15) is 11.4 Å². The van der Waals surface area contributed by atoms with E-state index in [-0.39, 0.29) is 31.2 Å². The minimum atomic E-state index is -0.551. The number of anilines is 3. The maximum atomic E-state index is 15.3. The van der Waals surface area contributed by atoms with Crippen molar-refractivity contribution in [3.05, 3.63) is 77.9 Å². The molecule has 0 radical (unpaired) electrons. The van der Waals surface area contributed by atoms with Gasteiger partial charge in [0.25, 0.3) is 0 Å². The molecule has 4 rings (SSSR count). The van der Waals surface area contributed by atoms with Crippen molar-refractivity contribution >= 4 is 24.5 Å². The summed E-state index contributed by atoms with van der Waals surface area (Å²) in [5, 5.41) is 0. The normalized spacial score (nSPS) is 15.5. The summed E-state index contributed by atoms with van der Waals surface area (Å²) in [6, 6.07) is 16.6. The third-order valence-electron chi connectivity index (χ3n) is 5.03. The highest BCUT2D eigenvalue weighted by Gasteiger charge is 2.27. The molecule has 1 unspecified atom stereocenters. The maximum absolute atomic E-state index is 15.3. The molecule has 3 aromatic rings. The van der Waals surface area contributed by atoms with Crippen molar-refractivity contribution in [1.82, 2.24) is 0 Å². The molecule has 0 aliphatic carbocycles. The van der Waals surface area contributed by atoms with Gasteiger partial charge in [0.15, 0.2) is 0 Å². The highest BCUT2D eigenvalue weighted by atomic mass is 19.1. The van der Waals surface area contributed by atoms with Gasteiger partial charge in [0.2, 0.25) is 0 Å². The van der Waals surface area contributed by atoms with Crippen LogP contribution in [0, 0.1) is 11.6 Å². The number of halogens is 2. The van der Waals surface area contributed by atoms with Crippen LogP contribution in [0.15, 0.2) is 60.7 Å². The summed E-state index contributed by atoms with van der Waals surface area (Å²) in [4.78, 5) is 11.3. The minimum Gasteiger partial charge on any atom is -0.497 e. The zero-order chi connectivity index (χ0) is 21.1. The number of nitrogens with zero attached hydrogens (tertiary/aromatic N) is 1. The maximum Gasteiger partial charge on any atom is 0.333 e. The van der Waals surface area contributed by atoms with Crippen molar-refractivity contribution in [2.24, 2.45) is 0 Å². The number of methoxy groups -OCH3 is 2. The lowest BCUT2D eigenvalue weighted by atomic mass is 9.76.